The van der Waals surface area contributed by atoms with Crippen LogP contribution in [-0.2, 0) is 0 Å². The number of nitrogens with zero attached hydrogens (tertiary/aromatic N) is 6. The maximum atomic E-state index is 8.34. The average Bonchev–Trinajstić information content (AvgIpc) is 2.02. The summed E-state index contributed by atoms with van der Waals surface area (Å²) in [5.41, 5.74) is 16.0. The van der Waals surface area contributed by atoms with E-state index in [1.807, 2.05) is 27.7 Å². The van der Waals surface area contributed by atoms with Gasteiger partial charge in [-0.15, -0.1) is 0 Å². The van der Waals surface area contributed by atoms with Crippen LogP contribution < -0.4 is 0 Å². The second kappa shape index (κ2) is 5.49. The fourth-order valence-corrected chi connectivity index (χ4v) is 1.30. The van der Waals surface area contributed by atoms with Crippen molar-refractivity contribution in [1.29, 1.82) is 0 Å². The van der Waals surface area contributed by atoms with Crippen LogP contribution in [0, 0.1) is 0 Å². The number of hydrogen-bond donors (Lipinski definition) is 0. The molecule has 0 N–H and O–H groups in total. The Morgan fingerprint density at radius 1 is 0.867 bits per heavy atom. The SMILES string of the molecule is CC(C)(CCCC(C)(C)N=[N+]=[N-])N=[N+]=[N-]. The van der Waals surface area contributed by atoms with Gasteiger partial charge in [0.1, 0.15) is 0 Å². The van der Waals surface area contributed by atoms with Crippen molar-refractivity contribution in [2.75, 3.05) is 0 Å². The molecule has 0 saturated carbocycles. The van der Waals surface area contributed by atoms with E-state index in [0.717, 1.165) is 19.3 Å². The monoisotopic (exact) mass is 210 g/mol. The first-order valence-electron chi connectivity index (χ1n) is 4.95. The van der Waals surface area contributed by atoms with E-state index in [1.54, 1.807) is 0 Å². The molecule has 0 spiro atoms. The molecule has 0 radical (unpaired) electrons. The first-order valence-corrected chi connectivity index (χ1v) is 4.95. The van der Waals surface area contributed by atoms with Crippen LogP contribution in [0.3, 0.4) is 0 Å². The van der Waals surface area contributed by atoms with Crippen molar-refractivity contribution in [3.63, 3.8) is 0 Å². The third-order valence-corrected chi connectivity index (χ3v) is 2.21. The molecule has 6 nitrogen and oxygen atoms in total. The lowest BCUT2D eigenvalue weighted by Gasteiger charge is -2.21. The fourth-order valence-electron chi connectivity index (χ4n) is 1.30. The summed E-state index contributed by atoms with van der Waals surface area (Å²) in [4.78, 5) is 5.60. The Balaban J connectivity index is 4.09. The lowest BCUT2D eigenvalue weighted by molar-refractivity contribution is 0.391. The molecular formula is C9H18N6. The van der Waals surface area contributed by atoms with E-state index in [1.165, 1.54) is 0 Å². The fraction of sp³-hybridized carbons (Fsp3) is 1.00. The molecule has 0 aromatic rings. The molecule has 0 bridgehead atoms. The van der Waals surface area contributed by atoms with E-state index < -0.39 is 0 Å². The standard InChI is InChI=1S/C9H18N6/c1-8(2,12-14-10)6-5-7-9(3,4)13-15-11/h5-7H2,1-4H3. The maximum Gasteiger partial charge on any atom is 0.0432 e. The molecule has 0 atom stereocenters. The van der Waals surface area contributed by atoms with Crippen LogP contribution in [-0.4, -0.2) is 11.1 Å². The van der Waals surface area contributed by atoms with Crippen molar-refractivity contribution in [3.8, 4) is 0 Å². The summed E-state index contributed by atoms with van der Waals surface area (Å²) >= 11 is 0. The Hall–Kier alpha value is -1.38. The molecule has 0 heterocycles. The molecule has 0 fully saturated rings. The van der Waals surface area contributed by atoms with E-state index in [4.69, 9.17) is 11.1 Å². The quantitative estimate of drug-likeness (QED) is 0.354. The highest BCUT2D eigenvalue weighted by Crippen LogP contribution is 2.23. The highest BCUT2D eigenvalue weighted by molar-refractivity contribution is 4.82. The van der Waals surface area contributed by atoms with Gasteiger partial charge in [0.05, 0.1) is 0 Å². The Labute approximate surface area is 89.9 Å². The predicted octanol–water partition coefficient (Wildman–Crippen LogP) is 4.33. The van der Waals surface area contributed by atoms with E-state index in [-0.39, 0.29) is 11.1 Å². The molecule has 84 valence electrons. The van der Waals surface area contributed by atoms with Crippen molar-refractivity contribution in [3.05, 3.63) is 20.9 Å². The predicted molar refractivity (Wildman–Crippen MR) is 60.3 cm³/mol. The highest BCUT2D eigenvalue weighted by atomic mass is 15.2. The summed E-state index contributed by atoms with van der Waals surface area (Å²) in [7, 11) is 0. The van der Waals surface area contributed by atoms with E-state index in [9.17, 15) is 0 Å². The van der Waals surface area contributed by atoms with Gasteiger partial charge in [-0.25, -0.2) is 0 Å². The Morgan fingerprint density at radius 2 is 1.20 bits per heavy atom. The van der Waals surface area contributed by atoms with Crippen LogP contribution in [0.1, 0.15) is 47.0 Å². The Bertz CT molecular complexity index is 264. The van der Waals surface area contributed by atoms with Gasteiger partial charge in [-0.2, -0.15) is 0 Å². The van der Waals surface area contributed by atoms with Gasteiger partial charge in [0.15, 0.2) is 0 Å². The molecule has 0 aromatic carbocycles. The third kappa shape index (κ3) is 6.66. The van der Waals surface area contributed by atoms with Gasteiger partial charge >= 0.3 is 0 Å². The molecule has 0 rings (SSSR count). The first-order chi connectivity index (χ1) is 6.83. The van der Waals surface area contributed by atoms with E-state index in [0.29, 0.717) is 0 Å². The van der Waals surface area contributed by atoms with Crippen LogP contribution >= 0.6 is 0 Å². The van der Waals surface area contributed by atoms with Crippen LogP contribution in [0.4, 0.5) is 0 Å². The van der Waals surface area contributed by atoms with Crippen LogP contribution in [0.5, 0.6) is 0 Å². The molecule has 0 saturated heterocycles. The van der Waals surface area contributed by atoms with Gasteiger partial charge in [-0.05, 0) is 23.9 Å². The highest BCUT2D eigenvalue weighted by Gasteiger charge is 2.19. The maximum absolute atomic E-state index is 8.34. The van der Waals surface area contributed by atoms with Gasteiger partial charge in [-0.1, -0.05) is 44.3 Å². The van der Waals surface area contributed by atoms with Crippen molar-refractivity contribution in [2.24, 2.45) is 10.2 Å². The molecule has 0 aliphatic carbocycles. The van der Waals surface area contributed by atoms with Gasteiger partial charge in [0.25, 0.3) is 0 Å². The van der Waals surface area contributed by atoms with Crippen molar-refractivity contribution >= 4 is 0 Å². The van der Waals surface area contributed by atoms with Gasteiger partial charge < -0.3 is 0 Å². The number of azide groups is 2. The second-order valence-electron chi connectivity index (χ2n) is 4.86. The van der Waals surface area contributed by atoms with Gasteiger partial charge in [0.2, 0.25) is 0 Å². The number of rotatable bonds is 6. The molecule has 0 aliphatic rings. The third-order valence-electron chi connectivity index (χ3n) is 2.21. The zero-order valence-corrected chi connectivity index (χ0v) is 9.80. The second-order valence-corrected chi connectivity index (χ2v) is 4.86. The first kappa shape index (κ1) is 13.6. The lowest BCUT2D eigenvalue weighted by Crippen LogP contribution is -2.19. The summed E-state index contributed by atoms with van der Waals surface area (Å²) < 4.78 is 0. The van der Waals surface area contributed by atoms with Gasteiger partial charge in [-0.3, -0.25) is 0 Å². The Morgan fingerprint density at radius 3 is 1.47 bits per heavy atom. The summed E-state index contributed by atoms with van der Waals surface area (Å²) in [5, 5.41) is 7.40. The van der Waals surface area contributed by atoms with Crippen molar-refractivity contribution in [1.82, 2.24) is 0 Å². The lowest BCUT2D eigenvalue weighted by atomic mass is 9.92. The Kier molecular flexibility index (Phi) is 4.98. The molecule has 0 aromatic heterocycles. The van der Waals surface area contributed by atoms with E-state index >= 15 is 0 Å². The van der Waals surface area contributed by atoms with Crippen LogP contribution in [0.25, 0.3) is 20.9 Å². The zero-order chi connectivity index (χ0) is 11.9. The molecule has 6 heteroatoms. The van der Waals surface area contributed by atoms with Crippen LogP contribution in [0.15, 0.2) is 10.2 Å². The number of hydrogen-bond acceptors (Lipinski definition) is 2. The largest absolute Gasteiger partial charge is 0.0878 e. The minimum Gasteiger partial charge on any atom is -0.0878 e. The minimum absolute atomic E-state index is 0.360. The molecule has 0 unspecified atom stereocenters. The normalized spacial score (nSPS) is 11.5. The molecular weight excluding hydrogens is 192 g/mol. The summed E-state index contributed by atoms with van der Waals surface area (Å²) in [6, 6.07) is 0. The molecule has 0 aliphatic heterocycles. The topological polar surface area (TPSA) is 97.5 Å². The zero-order valence-electron chi connectivity index (χ0n) is 9.80. The van der Waals surface area contributed by atoms with Crippen molar-refractivity contribution in [2.45, 2.75) is 58.0 Å². The molecule has 0 amide bonds. The minimum atomic E-state index is -0.360. The van der Waals surface area contributed by atoms with Crippen LogP contribution in [0.2, 0.25) is 0 Å². The summed E-state index contributed by atoms with van der Waals surface area (Å²) in [5.74, 6) is 0. The average molecular weight is 210 g/mol. The summed E-state index contributed by atoms with van der Waals surface area (Å²) in [6.45, 7) is 7.58. The van der Waals surface area contributed by atoms with Crippen molar-refractivity contribution < 1.29 is 0 Å². The smallest absolute Gasteiger partial charge is 0.0432 e. The molecule has 15 heavy (non-hydrogen) atoms. The van der Waals surface area contributed by atoms with E-state index in [2.05, 4.69) is 20.1 Å². The summed E-state index contributed by atoms with van der Waals surface area (Å²) in [6.07, 6.45) is 2.46. The van der Waals surface area contributed by atoms with Gasteiger partial charge in [0, 0.05) is 20.9 Å².